The van der Waals surface area contributed by atoms with Crippen LogP contribution in [0.25, 0.3) is 0 Å². The lowest BCUT2D eigenvalue weighted by atomic mass is 10.1. The summed E-state index contributed by atoms with van der Waals surface area (Å²) >= 11 is 1.49. The highest BCUT2D eigenvalue weighted by atomic mass is 32.2. The standard InChI is InChI=1S/C8H13N3O2S2/c9-3-1-7-10-11-8(14-7)6-2-4-15(12,13)5-6/h6H,1-5,9H2. The fraction of sp³-hybridized carbons (Fsp3) is 0.750. The van der Waals surface area contributed by atoms with E-state index in [0.717, 1.165) is 16.4 Å². The fourth-order valence-electron chi connectivity index (χ4n) is 1.65. The van der Waals surface area contributed by atoms with Crippen molar-refractivity contribution in [2.75, 3.05) is 18.1 Å². The van der Waals surface area contributed by atoms with E-state index in [2.05, 4.69) is 10.2 Å². The predicted molar refractivity (Wildman–Crippen MR) is 58.7 cm³/mol. The highest BCUT2D eigenvalue weighted by Gasteiger charge is 2.31. The zero-order valence-electron chi connectivity index (χ0n) is 8.22. The van der Waals surface area contributed by atoms with Crippen LogP contribution in [-0.2, 0) is 16.3 Å². The van der Waals surface area contributed by atoms with Crippen molar-refractivity contribution in [1.82, 2.24) is 10.2 Å². The highest BCUT2D eigenvalue weighted by molar-refractivity contribution is 7.91. The van der Waals surface area contributed by atoms with Crippen LogP contribution in [0.4, 0.5) is 0 Å². The molecule has 1 aromatic heterocycles. The van der Waals surface area contributed by atoms with Crippen molar-refractivity contribution in [2.24, 2.45) is 5.73 Å². The quantitative estimate of drug-likeness (QED) is 0.808. The van der Waals surface area contributed by atoms with Gasteiger partial charge in [-0.15, -0.1) is 21.5 Å². The van der Waals surface area contributed by atoms with Crippen LogP contribution in [0.3, 0.4) is 0 Å². The summed E-state index contributed by atoms with van der Waals surface area (Å²) in [6.07, 6.45) is 1.40. The topological polar surface area (TPSA) is 85.9 Å². The third kappa shape index (κ3) is 2.53. The van der Waals surface area contributed by atoms with E-state index in [4.69, 9.17) is 5.73 Å². The summed E-state index contributed by atoms with van der Waals surface area (Å²) in [7, 11) is -2.83. The maximum absolute atomic E-state index is 11.3. The molecule has 1 saturated heterocycles. The van der Waals surface area contributed by atoms with Crippen molar-refractivity contribution in [3.63, 3.8) is 0 Å². The van der Waals surface area contributed by atoms with Crippen molar-refractivity contribution in [3.05, 3.63) is 10.0 Å². The van der Waals surface area contributed by atoms with Gasteiger partial charge in [0.25, 0.3) is 0 Å². The molecule has 1 aliphatic rings. The number of rotatable bonds is 3. The van der Waals surface area contributed by atoms with E-state index < -0.39 is 9.84 Å². The van der Waals surface area contributed by atoms with Crippen LogP contribution in [0.15, 0.2) is 0 Å². The van der Waals surface area contributed by atoms with E-state index in [9.17, 15) is 8.42 Å². The van der Waals surface area contributed by atoms with Gasteiger partial charge in [-0.25, -0.2) is 8.42 Å². The first-order valence-electron chi connectivity index (χ1n) is 4.83. The maximum atomic E-state index is 11.3. The molecular formula is C8H13N3O2S2. The van der Waals surface area contributed by atoms with E-state index in [-0.39, 0.29) is 17.4 Å². The van der Waals surface area contributed by atoms with Gasteiger partial charge in [0.05, 0.1) is 11.5 Å². The Morgan fingerprint density at radius 2 is 2.27 bits per heavy atom. The number of aromatic nitrogens is 2. The number of sulfone groups is 1. The Balaban J connectivity index is 2.10. The number of hydrogen-bond donors (Lipinski definition) is 1. The van der Waals surface area contributed by atoms with Crippen LogP contribution in [0.2, 0.25) is 0 Å². The molecule has 7 heteroatoms. The Bertz CT molecular complexity index is 440. The number of hydrogen-bond acceptors (Lipinski definition) is 6. The molecule has 1 atom stereocenters. The third-order valence-electron chi connectivity index (χ3n) is 2.42. The molecule has 0 saturated carbocycles. The minimum absolute atomic E-state index is 0.0547. The van der Waals surface area contributed by atoms with Crippen molar-refractivity contribution in [2.45, 2.75) is 18.8 Å². The molecule has 2 N–H and O–H groups in total. The summed E-state index contributed by atoms with van der Waals surface area (Å²) in [4.78, 5) is 0. The molecule has 0 aliphatic carbocycles. The van der Waals surface area contributed by atoms with Gasteiger partial charge in [0.1, 0.15) is 10.0 Å². The number of nitrogens with zero attached hydrogens (tertiary/aromatic N) is 2. The smallest absolute Gasteiger partial charge is 0.151 e. The summed E-state index contributed by atoms with van der Waals surface area (Å²) in [6.45, 7) is 0.553. The average Bonchev–Trinajstić information content (AvgIpc) is 2.73. The van der Waals surface area contributed by atoms with Crippen LogP contribution >= 0.6 is 11.3 Å². The largest absolute Gasteiger partial charge is 0.330 e. The molecule has 15 heavy (non-hydrogen) atoms. The normalized spacial score (nSPS) is 24.5. The Hall–Kier alpha value is -0.530. The van der Waals surface area contributed by atoms with Crippen LogP contribution in [-0.4, -0.2) is 36.7 Å². The monoisotopic (exact) mass is 247 g/mol. The average molecular weight is 247 g/mol. The molecular weight excluding hydrogens is 234 g/mol. The molecule has 84 valence electrons. The predicted octanol–water partition coefficient (Wildman–Crippen LogP) is -0.0586. The third-order valence-corrected chi connectivity index (χ3v) is 5.34. The fourth-order valence-corrected chi connectivity index (χ4v) is 4.49. The van der Waals surface area contributed by atoms with Gasteiger partial charge in [0, 0.05) is 12.3 Å². The maximum Gasteiger partial charge on any atom is 0.151 e. The molecule has 1 aliphatic heterocycles. The van der Waals surface area contributed by atoms with Crippen molar-refractivity contribution in [1.29, 1.82) is 0 Å². The van der Waals surface area contributed by atoms with E-state index in [0.29, 0.717) is 13.0 Å². The summed E-state index contributed by atoms with van der Waals surface area (Å²) in [5.41, 5.74) is 5.41. The highest BCUT2D eigenvalue weighted by Crippen LogP contribution is 2.30. The van der Waals surface area contributed by atoms with Gasteiger partial charge >= 0.3 is 0 Å². The van der Waals surface area contributed by atoms with Gasteiger partial charge in [-0.1, -0.05) is 0 Å². The molecule has 1 aromatic rings. The van der Waals surface area contributed by atoms with Crippen LogP contribution < -0.4 is 5.73 Å². The molecule has 0 bridgehead atoms. The summed E-state index contributed by atoms with van der Waals surface area (Å²) < 4.78 is 22.6. The van der Waals surface area contributed by atoms with Crippen LogP contribution in [0.1, 0.15) is 22.4 Å². The zero-order chi connectivity index (χ0) is 10.9. The van der Waals surface area contributed by atoms with Gasteiger partial charge in [0.15, 0.2) is 9.84 Å². The van der Waals surface area contributed by atoms with Gasteiger partial charge in [-0.2, -0.15) is 0 Å². The van der Waals surface area contributed by atoms with Crippen LogP contribution in [0.5, 0.6) is 0 Å². The molecule has 5 nitrogen and oxygen atoms in total. The first kappa shape index (κ1) is 11.0. The molecule has 0 amide bonds. The Morgan fingerprint density at radius 1 is 1.47 bits per heavy atom. The lowest BCUT2D eigenvalue weighted by molar-refractivity contribution is 0.601. The first-order valence-corrected chi connectivity index (χ1v) is 7.47. The molecule has 1 fully saturated rings. The van der Waals surface area contributed by atoms with Gasteiger partial charge in [-0.3, -0.25) is 0 Å². The number of nitrogens with two attached hydrogens (primary N) is 1. The lowest BCUT2D eigenvalue weighted by Crippen LogP contribution is -2.03. The minimum Gasteiger partial charge on any atom is -0.330 e. The first-order chi connectivity index (χ1) is 7.11. The molecule has 2 heterocycles. The van der Waals surface area contributed by atoms with E-state index in [1.165, 1.54) is 11.3 Å². The van der Waals surface area contributed by atoms with Gasteiger partial charge in [0.2, 0.25) is 0 Å². The van der Waals surface area contributed by atoms with E-state index in [1.807, 2.05) is 0 Å². The second kappa shape index (κ2) is 4.15. The Morgan fingerprint density at radius 3 is 2.87 bits per heavy atom. The second-order valence-corrected chi connectivity index (χ2v) is 7.00. The van der Waals surface area contributed by atoms with Gasteiger partial charge in [-0.05, 0) is 13.0 Å². The Labute approximate surface area is 92.6 Å². The molecule has 0 spiro atoms. The molecule has 0 radical (unpaired) electrons. The summed E-state index contributed by atoms with van der Waals surface area (Å²) in [6, 6.07) is 0. The SMILES string of the molecule is NCCc1nnc(C2CCS(=O)(=O)C2)s1. The molecule has 0 aromatic carbocycles. The van der Waals surface area contributed by atoms with Crippen molar-refractivity contribution < 1.29 is 8.42 Å². The second-order valence-electron chi connectivity index (χ2n) is 3.67. The van der Waals surface area contributed by atoms with Crippen LogP contribution in [0, 0.1) is 0 Å². The summed E-state index contributed by atoms with van der Waals surface area (Å²) in [5, 5.41) is 9.77. The van der Waals surface area contributed by atoms with Crippen molar-refractivity contribution >= 4 is 21.2 Å². The van der Waals surface area contributed by atoms with E-state index in [1.54, 1.807) is 0 Å². The Kier molecular flexibility index (Phi) is 3.03. The zero-order valence-corrected chi connectivity index (χ0v) is 9.85. The van der Waals surface area contributed by atoms with Gasteiger partial charge < -0.3 is 5.73 Å². The molecule has 1 unspecified atom stereocenters. The summed E-state index contributed by atoms with van der Waals surface area (Å²) in [5.74, 6) is 0.562. The lowest BCUT2D eigenvalue weighted by Gasteiger charge is -1.99. The van der Waals surface area contributed by atoms with E-state index >= 15 is 0 Å². The molecule has 2 rings (SSSR count). The minimum atomic E-state index is -2.83. The van der Waals surface area contributed by atoms with Crippen molar-refractivity contribution in [3.8, 4) is 0 Å².